The summed E-state index contributed by atoms with van der Waals surface area (Å²) >= 11 is 13.5. The van der Waals surface area contributed by atoms with Crippen molar-refractivity contribution in [2.24, 2.45) is 4.99 Å². The third-order valence-electron chi connectivity index (χ3n) is 7.84. The molecule has 0 bridgehead atoms. The summed E-state index contributed by atoms with van der Waals surface area (Å²) in [7, 11) is 0. The SMILES string of the molecule is CCOC(=O)C1=C(c2ccccc2)N=c2s/c(=C/c3cccc(OCc4ccc(Cl)c(Cl)c4)c3)c(=O)n2[C@@H]1c1ccc(C(C)C)cc1. The number of esters is 1. The van der Waals surface area contributed by atoms with Crippen LogP contribution in [-0.2, 0) is 16.1 Å². The van der Waals surface area contributed by atoms with E-state index >= 15 is 0 Å². The molecule has 9 heteroatoms. The molecular formula is C38H32Cl2N2O4S. The number of carbonyl (C=O) groups excluding carboxylic acids is 1. The molecule has 5 aromatic rings. The zero-order valence-corrected chi connectivity index (χ0v) is 28.4. The topological polar surface area (TPSA) is 69.9 Å². The smallest absolute Gasteiger partial charge is 0.338 e. The van der Waals surface area contributed by atoms with E-state index in [1.165, 1.54) is 11.3 Å². The number of rotatable bonds is 9. The predicted octanol–water partition coefficient (Wildman–Crippen LogP) is 7.94. The molecule has 47 heavy (non-hydrogen) atoms. The van der Waals surface area contributed by atoms with Gasteiger partial charge in [-0.2, -0.15) is 0 Å². The van der Waals surface area contributed by atoms with Crippen molar-refractivity contribution in [1.29, 1.82) is 0 Å². The first-order valence-electron chi connectivity index (χ1n) is 15.3. The molecule has 0 radical (unpaired) electrons. The first kappa shape index (κ1) is 32.5. The summed E-state index contributed by atoms with van der Waals surface area (Å²) in [6, 6.07) is 29.8. The van der Waals surface area contributed by atoms with Gasteiger partial charge in [0.1, 0.15) is 12.4 Å². The van der Waals surface area contributed by atoms with Crippen LogP contribution >= 0.6 is 34.5 Å². The lowest BCUT2D eigenvalue weighted by Gasteiger charge is -2.26. The molecule has 1 atom stereocenters. The van der Waals surface area contributed by atoms with Crippen LogP contribution in [0.25, 0.3) is 11.8 Å². The van der Waals surface area contributed by atoms with E-state index in [1.807, 2.05) is 91.0 Å². The third kappa shape index (κ3) is 6.98. The highest BCUT2D eigenvalue weighted by molar-refractivity contribution is 7.07. The van der Waals surface area contributed by atoms with Gasteiger partial charge in [-0.1, -0.05) is 121 Å². The second-order valence-corrected chi connectivity index (χ2v) is 13.2. The van der Waals surface area contributed by atoms with Crippen molar-refractivity contribution < 1.29 is 14.3 Å². The highest BCUT2D eigenvalue weighted by atomic mass is 35.5. The minimum absolute atomic E-state index is 0.192. The number of hydrogen-bond acceptors (Lipinski definition) is 6. The molecule has 238 valence electrons. The Morgan fingerprint density at radius 3 is 2.43 bits per heavy atom. The van der Waals surface area contributed by atoms with Gasteiger partial charge in [0.25, 0.3) is 5.56 Å². The monoisotopic (exact) mass is 682 g/mol. The van der Waals surface area contributed by atoms with Gasteiger partial charge in [0.2, 0.25) is 0 Å². The van der Waals surface area contributed by atoms with E-state index in [0.717, 1.165) is 27.8 Å². The lowest BCUT2D eigenvalue weighted by Crippen LogP contribution is -2.40. The summed E-state index contributed by atoms with van der Waals surface area (Å²) in [6.45, 7) is 6.52. The Morgan fingerprint density at radius 1 is 0.957 bits per heavy atom. The lowest BCUT2D eigenvalue weighted by molar-refractivity contribution is -0.138. The third-order valence-corrected chi connectivity index (χ3v) is 9.56. The Bertz CT molecular complexity index is 2150. The van der Waals surface area contributed by atoms with Crippen molar-refractivity contribution in [3.05, 3.63) is 160 Å². The highest BCUT2D eigenvalue weighted by Gasteiger charge is 2.35. The van der Waals surface area contributed by atoms with Gasteiger partial charge in [-0.05, 0) is 65.4 Å². The molecule has 1 aliphatic heterocycles. The molecule has 1 aliphatic rings. The van der Waals surface area contributed by atoms with Gasteiger partial charge < -0.3 is 9.47 Å². The Morgan fingerprint density at radius 2 is 1.72 bits per heavy atom. The molecule has 6 rings (SSSR count). The lowest BCUT2D eigenvalue weighted by atomic mass is 9.91. The van der Waals surface area contributed by atoms with Crippen LogP contribution in [0.3, 0.4) is 0 Å². The molecule has 0 unspecified atom stereocenters. The fourth-order valence-electron chi connectivity index (χ4n) is 5.46. The van der Waals surface area contributed by atoms with Crippen molar-refractivity contribution in [3.63, 3.8) is 0 Å². The van der Waals surface area contributed by atoms with Gasteiger partial charge in [-0.15, -0.1) is 0 Å². The first-order chi connectivity index (χ1) is 22.7. The quantitative estimate of drug-likeness (QED) is 0.148. The number of hydrogen-bond donors (Lipinski definition) is 0. The summed E-state index contributed by atoms with van der Waals surface area (Å²) in [6.07, 6.45) is 1.82. The zero-order chi connectivity index (χ0) is 33.1. The maximum atomic E-state index is 14.3. The van der Waals surface area contributed by atoms with Gasteiger partial charge in [-0.3, -0.25) is 9.36 Å². The van der Waals surface area contributed by atoms with Gasteiger partial charge in [-0.25, -0.2) is 9.79 Å². The van der Waals surface area contributed by atoms with Crippen LogP contribution in [0.2, 0.25) is 10.0 Å². The van der Waals surface area contributed by atoms with E-state index < -0.39 is 12.0 Å². The van der Waals surface area contributed by atoms with Crippen LogP contribution in [0, 0.1) is 0 Å². The second kappa shape index (κ2) is 14.1. The molecular weight excluding hydrogens is 651 g/mol. The maximum absolute atomic E-state index is 14.3. The van der Waals surface area contributed by atoms with Crippen LogP contribution < -0.4 is 19.6 Å². The van der Waals surface area contributed by atoms with Crippen molar-refractivity contribution in [2.75, 3.05) is 6.61 Å². The maximum Gasteiger partial charge on any atom is 0.338 e. The number of fused-ring (bicyclic) bond motifs is 1. The van der Waals surface area contributed by atoms with Gasteiger partial charge >= 0.3 is 5.97 Å². The van der Waals surface area contributed by atoms with E-state index in [9.17, 15) is 9.59 Å². The minimum atomic E-state index is -0.732. The fourth-order valence-corrected chi connectivity index (χ4v) is 6.78. The standard InChI is InChI=1S/C38H32Cl2N2O4S/c1-4-45-37(44)33-34(27-10-6-5-7-11-27)41-38-42(35(33)28-16-14-26(15-17-28)23(2)3)36(43)32(47-38)21-24-9-8-12-29(19-24)46-22-25-13-18-30(39)31(40)20-25/h5-21,23,35H,4,22H2,1-3H3/b32-21+/t35-/m1/s1. The Kier molecular flexibility index (Phi) is 9.78. The predicted molar refractivity (Wildman–Crippen MR) is 189 cm³/mol. The summed E-state index contributed by atoms with van der Waals surface area (Å²) in [4.78, 5) is 33.4. The highest BCUT2D eigenvalue weighted by Crippen LogP contribution is 2.35. The van der Waals surface area contributed by atoms with Crippen molar-refractivity contribution in [2.45, 2.75) is 39.3 Å². The number of carbonyl (C=O) groups is 1. The molecule has 6 nitrogen and oxygen atoms in total. The molecule has 0 aliphatic carbocycles. The summed E-state index contributed by atoms with van der Waals surface area (Å²) in [5, 5.41) is 0.951. The van der Waals surface area contributed by atoms with E-state index in [1.54, 1.807) is 23.6 Å². The second-order valence-electron chi connectivity index (χ2n) is 11.4. The number of thiazole rings is 1. The van der Waals surface area contributed by atoms with E-state index in [0.29, 0.717) is 48.9 Å². The Balaban J connectivity index is 1.46. The Hall–Kier alpha value is -4.43. The molecule has 0 fully saturated rings. The normalized spacial score (nSPS) is 14.6. The van der Waals surface area contributed by atoms with Gasteiger partial charge in [0.05, 0.1) is 38.5 Å². The minimum Gasteiger partial charge on any atom is -0.489 e. The Labute approximate surface area is 286 Å². The van der Waals surface area contributed by atoms with Crippen molar-refractivity contribution in [3.8, 4) is 5.75 Å². The molecule has 4 aromatic carbocycles. The number of nitrogens with zero attached hydrogens (tertiary/aromatic N) is 2. The van der Waals surface area contributed by atoms with Crippen molar-refractivity contribution >= 4 is 52.3 Å². The fraction of sp³-hybridized carbons (Fsp3) is 0.184. The van der Waals surface area contributed by atoms with Crippen LogP contribution in [0.1, 0.15) is 60.5 Å². The number of halogens is 2. The summed E-state index contributed by atoms with van der Waals surface area (Å²) in [5.41, 5.74) is 4.96. The molecule has 0 saturated carbocycles. The molecule has 0 saturated heterocycles. The van der Waals surface area contributed by atoms with Crippen molar-refractivity contribution in [1.82, 2.24) is 4.57 Å². The van der Waals surface area contributed by atoms with Crippen LogP contribution in [0.4, 0.5) is 0 Å². The number of aromatic nitrogens is 1. The summed E-state index contributed by atoms with van der Waals surface area (Å²) in [5.74, 6) is 0.459. The molecule has 0 amide bonds. The summed E-state index contributed by atoms with van der Waals surface area (Å²) < 4.78 is 13.7. The molecule has 0 spiro atoms. The number of benzene rings is 4. The van der Waals surface area contributed by atoms with Crippen LogP contribution in [0.5, 0.6) is 5.75 Å². The van der Waals surface area contributed by atoms with E-state index in [4.69, 9.17) is 37.7 Å². The number of ether oxygens (including phenoxy) is 2. The average Bonchev–Trinajstić information content (AvgIpc) is 3.39. The van der Waals surface area contributed by atoms with Crippen LogP contribution in [-0.4, -0.2) is 17.1 Å². The zero-order valence-electron chi connectivity index (χ0n) is 26.1. The largest absolute Gasteiger partial charge is 0.489 e. The van der Waals surface area contributed by atoms with E-state index in [-0.39, 0.29) is 12.2 Å². The van der Waals surface area contributed by atoms with Gasteiger partial charge in [0.15, 0.2) is 4.80 Å². The molecule has 2 heterocycles. The average molecular weight is 684 g/mol. The first-order valence-corrected chi connectivity index (χ1v) is 16.9. The van der Waals surface area contributed by atoms with Gasteiger partial charge in [0, 0.05) is 5.56 Å². The molecule has 1 aromatic heterocycles. The molecule has 0 N–H and O–H groups in total. The van der Waals surface area contributed by atoms with Crippen LogP contribution in [0.15, 0.2) is 112 Å². The van der Waals surface area contributed by atoms with E-state index in [2.05, 4.69) is 13.8 Å².